The van der Waals surface area contributed by atoms with E-state index in [9.17, 15) is 19.2 Å². The molecular weight excluding hydrogens is 552 g/mol. The molecule has 0 spiro atoms. The third kappa shape index (κ3) is 7.70. The zero-order valence-electron chi connectivity index (χ0n) is 25.2. The van der Waals surface area contributed by atoms with Crippen LogP contribution < -0.4 is 10.2 Å². The Morgan fingerprint density at radius 1 is 1.00 bits per heavy atom. The second-order valence-electron chi connectivity index (χ2n) is 11.3. The van der Waals surface area contributed by atoms with Gasteiger partial charge < -0.3 is 23.5 Å². The Hall–Kier alpha value is -4.44. The van der Waals surface area contributed by atoms with E-state index in [2.05, 4.69) is 0 Å². The molecule has 1 aromatic heterocycles. The van der Waals surface area contributed by atoms with Gasteiger partial charge in [-0.15, -0.1) is 0 Å². The number of carbonyl (C=O) groups is 3. The van der Waals surface area contributed by atoms with Gasteiger partial charge in [-0.2, -0.15) is 0 Å². The summed E-state index contributed by atoms with van der Waals surface area (Å²) in [7, 11) is 1.20. The Kier molecular flexibility index (Phi) is 10.0. The number of rotatable bonds is 9. The largest absolute Gasteiger partial charge is 0.482 e. The number of nitrogens with zero attached hydrogens (tertiary/aromatic N) is 2. The standard InChI is InChI=1S/C33H38N2O8/c1-22(36)25-20-35(27(31(38)40-5)29(28(25)37)42-21-24-15-10-7-11-16-24)26(19-23-13-8-6-9-14-23)30-34(17-12-18-41-30)32(39)43-33(2,3)4/h6-11,13-16,20,26,30H,12,17-19,21H2,1-5H3/t26-,30?/m0/s1. The molecule has 4 rings (SSSR count). The minimum atomic E-state index is -0.920. The van der Waals surface area contributed by atoms with Crippen molar-refractivity contribution in [1.29, 1.82) is 0 Å². The summed E-state index contributed by atoms with van der Waals surface area (Å²) in [5.41, 5.74) is -0.224. The first kappa shape index (κ1) is 31.5. The number of hydrogen-bond acceptors (Lipinski definition) is 8. The first-order valence-electron chi connectivity index (χ1n) is 14.2. The number of hydrogen-bond donors (Lipinski definition) is 0. The summed E-state index contributed by atoms with van der Waals surface area (Å²) in [6.45, 7) is 7.26. The summed E-state index contributed by atoms with van der Waals surface area (Å²) < 4.78 is 24.6. The van der Waals surface area contributed by atoms with E-state index in [1.165, 1.54) is 29.7 Å². The fourth-order valence-electron chi connectivity index (χ4n) is 4.96. The lowest BCUT2D eigenvalue weighted by Crippen LogP contribution is -2.53. The maximum atomic E-state index is 13.6. The lowest BCUT2D eigenvalue weighted by molar-refractivity contribution is -0.118. The zero-order chi connectivity index (χ0) is 31.1. The molecule has 0 radical (unpaired) electrons. The van der Waals surface area contributed by atoms with E-state index in [0.29, 0.717) is 19.6 Å². The SMILES string of the molecule is COC(=O)c1c(OCc2ccccc2)c(=O)c(C(C)=O)cn1[C@@H](Cc1ccccc1)C1OCCCN1C(=O)OC(C)(C)C. The fourth-order valence-corrected chi connectivity index (χ4v) is 4.96. The van der Waals surface area contributed by atoms with E-state index in [1.54, 1.807) is 20.8 Å². The van der Waals surface area contributed by atoms with Crippen molar-refractivity contribution >= 4 is 17.8 Å². The van der Waals surface area contributed by atoms with Crippen LogP contribution >= 0.6 is 0 Å². The number of amides is 1. The number of ketones is 1. The van der Waals surface area contributed by atoms with Gasteiger partial charge in [-0.3, -0.25) is 14.5 Å². The summed E-state index contributed by atoms with van der Waals surface area (Å²) in [4.78, 5) is 54.8. The van der Waals surface area contributed by atoms with Crippen LogP contribution in [0.1, 0.15) is 72.1 Å². The first-order valence-corrected chi connectivity index (χ1v) is 14.2. The van der Waals surface area contributed by atoms with Crippen molar-refractivity contribution < 1.29 is 33.3 Å². The third-order valence-electron chi connectivity index (χ3n) is 6.92. The molecule has 2 atom stereocenters. The lowest BCUT2D eigenvalue weighted by Gasteiger charge is -2.41. The van der Waals surface area contributed by atoms with Crippen LogP contribution in [0.15, 0.2) is 71.7 Å². The molecule has 10 nitrogen and oxygen atoms in total. The summed E-state index contributed by atoms with van der Waals surface area (Å²) in [5.74, 6) is -1.67. The van der Waals surface area contributed by atoms with Crippen molar-refractivity contribution in [2.24, 2.45) is 0 Å². The van der Waals surface area contributed by atoms with Crippen LogP contribution in [0.5, 0.6) is 5.75 Å². The zero-order valence-corrected chi connectivity index (χ0v) is 25.2. The predicted molar refractivity (Wildman–Crippen MR) is 159 cm³/mol. The average molecular weight is 591 g/mol. The second-order valence-corrected chi connectivity index (χ2v) is 11.3. The van der Waals surface area contributed by atoms with Gasteiger partial charge in [0.1, 0.15) is 12.2 Å². The molecule has 1 saturated heterocycles. The van der Waals surface area contributed by atoms with Gasteiger partial charge >= 0.3 is 12.1 Å². The molecule has 0 saturated carbocycles. The van der Waals surface area contributed by atoms with Crippen molar-refractivity contribution in [3.63, 3.8) is 0 Å². The monoisotopic (exact) mass is 590 g/mol. The lowest BCUT2D eigenvalue weighted by atomic mass is 10.0. The minimum absolute atomic E-state index is 0.0330. The van der Waals surface area contributed by atoms with Crippen molar-refractivity contribution in [2.75, 3.05) is 20.3 Å². The number of methoxy groups -OCH3 is 1. The van der Waals surface area contributed by atoms with Crippen LogP contribution in [-0.2, 0) is 27.2 Å². The van der Waals surface area contributed by atoms with Gasteiger partial charge in [-0.25, -0.2) is 9.59 Å². The molecule has 2 heterocycles. The van der Waals surface area contributed by atoms with Crippen LogP contribution in [0, 0.1) is 0 Å². The molecule has 1 unspecified atom stereocenters. The van der Waals surface area contributed by atoms with Gasteiger partial charge in [0.05, 0.1) is 25.3 Å². The highest BCUT2D eigenvalue weighted by atomic mass is 16.6. The summed E-state index contributed by atoms with van der Waals surface area (Å²) in [5, 5.41) is 0. The Labute approximate surface area is 251 Å². The van der Waals surface area contributed by atoms with Crippen molar-refractivity contribution in [1.82, 2.24) is 9.47 Å². The maximum absolute atomic E-state index is 13.6. The Morgan fingerprint density at radius 3 is 2.21 bits per heavy atom. The minimum Gasteiger partial charge on any atom is -0.482 e. The highest BCUT2D eigenvalue weighted by Crippen LogP contribution is 2.32. The molecule has 2 aromatic carbocycles. The van der Waals surface area contributed by atoms with Gasteiger partial charge in [0.15, 0.2) is 23.5 Å². The molecular formula is C33H38N2O8. The van der Waals surface area contributed by atoms with Crippen LogP contribution in [0.3, 0.4) is 0 Å². The second kappa shape index (κ2) is 13.7. The molecule has 1 amide bonds. The highest BCUT2D eigenvalue weighted by Gasteiger charge is 2.40. The number of aromatic nitrogens is 1. The van der Waals surface area contributed by atoms with Gasteiger partial charge in [-0.1, -0.05) is 60.7 Å². The van der Waals surface area contributed by atoms with E-state index in [4.69, 9.17) is 18.9 Å². The molecule has 1 aliphatic heterocycles. The Balaban J connectivity index is 1.93. The van der Waals surface area contributed by atoms with Gasteiger partial charge in [-0.05, 0) is 51.7 Å². The molecule has 10 heteroatoms. The molecule has 3 aromatic rings. The quantitative estimate of drug-likeness (QED) is 0.247. The predicted octanol–water partition coefficient (Wildman–Crippen LogP) is 5.18. The number of ether oxygens (including phenoxy) is 4. The maximum Gasteiger partial charge on any atom is 0.412 e. The molecule has 228 valence electrons. The average Bonchev–Trinajstić information content (AvgIpc) is 2.98. The van der Waals surface area contributed by atoms with Crippen molar-refractivity contribution in [3.05, 3.63) is 99.5 Å². The van der Waals surface area contributed by atoms with E-state index in [1.807, 2.05) is 60.7 Å². The number of Topliss-reactive ketones (excluding diaryl/α,β-unsaturated/α-hetero) is 1. The molecule has 0 N–H and O–H groups in total. The van der Waals surface area contributed by atoms with Crippen molar-refractivity contribution in [3.8, 4) is 5.75 Å². The topological polar surface area (TPSA) is 113 Å². The van der Waals surface area contributed by atoms with Crippen LogP contribution in [0.4, 0.5) is 4.79 Å². The Bertz CT molecular complexity index is 1500. The summed E-state index contributed by atoms with van der Waals surface area (Å²) in [6.07, 6.45) is 0.685. The molecule has 43 heavy (non-hydrogen) atoms. The Morgan fingerprint density at radius 2 is 1.63 bits per heavy atom. The summed E-state index contributed by atoms with van der Waals surface area (Å²) >= 11 is 0. The van der Waals surface area contributed by atoms with Crippen molar-refractivity contribution in [2.45, 2.75) is 65.0 Å². The number of benzene rings is 2. The fraction of sp³-hybridized carbons (Fsp3) is 0.394. The van der Waals surface area contributed by atoms with Crippen LogP contribution in [0.2, 0.25) is 0 Å². The van der Waals surface area contributed by atoms with E-state index < -0.39 is 41.1 Å². The van der Waals surface area contributed by atoms with Gasteiger partial charge in [0.2, 0.25) is 5.43 Å². The molecule has 0 bridgehead atoms. The number of carbonyl (C=O) groups excluding carboxylic acids is 3. The normalized spacial score (nSPS) is 15.8. The van der Waals surface area contributed by atoms with Gasteiger partial charge in [0.25, 0.3) is 0 Å². The smallest absolute Gasteiger partial charge is 0.412 e. The number of pyridine rings is 1. The molecule has 0 aliphatic carbocycles. The van der Waals surface area contributed by atoms with E-state index in [0.717, 1.165) is 11.1 Å². The summed E-state index contributed by atoms with van der Waals surface area (Å²) in [6, 6.07) is 17.8. The van der Waals surface area contributed by atoms with Crippen LogP contribution in [0.25, 0.3) is 0 Å². The molecule has 1 aliphatic rings. The number of esters is 1. The highest BCUT2D eigenvalue weighted by molar-refractivity contribution is 5.96. The van der Waals surface area contributed by atoms with E-state index in [-0.39, 0.29) is 30.0 Å². The van der Waals surface area contributed by atoms with E-state index >= 15 is 0 Å². The first-order chi connectivity index (χ1) is 20.5. The molecule has 1 fully saturated rings. The van der Waals surface area contributed by atoms with Crippen LogP contribution in [-0.4, -0.2) is 59.4 Å². The third-order valence-corrected chi connectivity index (χ3v) is 6.92. The van der Waals surface area contributed by atoms with Gasteiger partial charge in [0, 0.05) is 12.7 Å².